The Hall–Kier alpha value is -1.75. The summed E-state index contributed by atoms with van der Waals surface area (Å²) in [4.78, 5) is 6.55. The summed E-state index contributed by atoms with van der Waals surface area (Å²) in [6.07, 6.45) is 4.47. The number of guanidine groups is 1. The second-order valence-corrected chi connectivity index (χ2v) is 5.79. The Bertz CT molecular complexity index is 436. The molecule has 0 saturated heterocycles. The fourth-order valence-electron chi connectivity index (χ4n) is 2.39. The zero-order valence-corrected chi connectivity index (χ0v) is 15.6. The monoisotopic (exact) mass is 334 g/mol. The summed E-state index contributed by atoms with van der Waals surface area (Å²) < 4.78 is 5.33. The van der Waals surface area contributed by atoms with E-state index in [4.69, 9.17) is 4.74 Å². The van der Waals surface area contributed by atoms with E-state index in [0.29, 0.717) is 0 Å². The molecule has 136 valence electrons. The zero-order chi connectivity index (χ0) is 17.5. The van der Waals surface area contributed by atoms with Gasteiger partial charge in [0, 0.05) is 52.6 Å². The Labute approximate surface area is 147 Å². The SMILES string of the molecule is CCOCCCCNC(=NC)NCCCCN(C)c1ccccc1. The van der Waals surface area contributed by atoms with Gasteiger partial charge in [0.2, 0.25) is 0 Å². The number of nitrogens with zero attached hydrogens (tertiary/aromatic N) is 2. The summed E-state index contributed by atoms with van der Waals surface area (Å²) in [5, 5.41) is 6.72. The highest BCUT2D eigenvalue weighted by molar-refractivity contribution is 5.79. The second kappa shape index (κ2) is 13.7. The molecular weight excluding hydrogens is 300 g/mol. The van der Waals surface area contributed by atoms with Gasteiger partial charge in [0.1, 0.15) is 0 Å². The van der Waals surface area contributed by atoms with Crippen molar-refractivity contribution in [2.24, 2.45) is 4.99 Å². The fraction of sp³-hybridized carbons (Fsp3) is 0.632. The number of hydrogen-bond acceptors (Lipinski definition) is 3. The molecule has 0 aromatic heterocycles. The van der Waals surface area contributed by atoms with E-state index >= 15 is 0 Å². The first-order chi connectivity index (χ1) is 11.8. The number of ether oxygens (including phenoxy) is 1. The van der Waals surface area contributed by atoms with Crippen LogP contribution in [0, 0.1) is 0 Å². The Kier molecular flexibility index (Phi) is 11.6. The van der Waals surface area contributed by atoms with Crippen LogP contribution in [0.15, 0.2) is 35.3 Å². The minimum absolute atomic E-state index is 0.802. The molecule has 0 fully saturated rings. The van der Waals surface area contributed by atoms with Crippen molar-refractivity contribution >= 4 is 11.6 Å². The lowest BCUT2D eigenvalue weighted by Crippen LogP contribution is -2.38. The van der Waals surface area contributed by atoms with E-state index in [1.165, 1.54) is 5.69 Å². The maximum absolute atomic E-state index is 5.33. The summed E-state index contributed by atoms with van der Waals surface area (Å²) in [6.45, 7) is 6.62. The third kappa shape index (κ3) is 9.40. The molecule has 1 aromatic rings. The predicted molar refractivity (Wildman–Crippen MR) is 104 cm³/mol. The smallest absolute Gasteiger partial charge is 0.190 e. The first kappa shape index (κ1) is 20.3. The van der Waals surface area contributed by atoms with Crippen LogP contribution in [0.4, 0.5) is 5.69 Å². The zero-order valence-electron chi connectivity index (χ0n) is 15.6. The highest BCUT2D eigenvalue weighted by Gasteiger charge is 2.00. The third-order valence-electron chi connectivity index (χ3n) is 3.85. The number of anilines is 1. The molecule has 2 N–H and O–H groups in total. The molecule has 0 saturated carbocycles. The normalized spacial score (nSPS) is 11.4. The summed E-state index contributed by atoms with van der Waals surface area (Å²) >= 11 is 0. The Morgan fingerprint density at radius 3 is 2.33 bits per heavy atom. The standard InChI is InChI=1S/C19H34N4O/c1-4-24-17-11-9-15-22-19(20-2)21-14-8-10-16-23(3)18-12-6-5-7-13-18/h5-7,12-13H,4,8-11,14-17H2,1-3H3,(H2,20,21,22). The van der Waals surface area contributed by atoms with Crippen LogP contribution in [0.2, 0.25) is 0 Å². The van der Waals surface area contributed by atoms with E-state index in [9.17, 15) is 0 Å². The summed E-state index contributed by atoms with van der Waals surface area (Å²) in [6, 6.07) is 10.5. The molecule has 0 atom stereocenters. The summed E-state index contributed by atoms with van der Waals surface area (Å²) in [5.74, 6) is 0.892. The van der Waals surface area contributed by atoms with Crippen molar-refractivity contribution in [3.8, 4) is 0 Å². The van der Waals surface area contributed by atoms with Crippen molar-refractivity contribution in [3.63, 3.8) is 0 Å². The summed E-state index contributed by atoms with van der Waals surface area (Å²) in [7, 11) is 3.96. The van der Waals surface area contributed by atoms with Gasteiger partial charge in [0.25, 0.3) is 0 Å². The molecule has 5 heteroatoms. The molecule has 0 amide bonds. The van der Waals surface area contributed by atoms with E-state index in [0.717, 1.165) is 64.5 Å². The van der Waals surface area contributed by atoms with E-state index in [1.807, 2.05) is 14.0 Å². The van der Waals surface area contributed by atoms with Gasteiger partial charge >= 0.3 is 0 Å². The minimum Gasteiger partial charge on any atom is -0.382 e. The highest BCUT2D eigenvalue weighted by Crippen LogP contribution is 2.11. The van der Waals surface area contributed by atoms with Gasteiger partial charge < -0.3 is 20.3 Å². The van der Waals surface area contributed by atoms with Crippen LogP contribution in [0.5, 0.6) is 0 Å². The first-order valence-corrected chi connectivity index (χ1v) is 9.06. The van der Waals surface area contributed by atoms with Gasteiger partial charge in [-0.25, -0.2) is 0 Å². The number of unbranched alkanes of at least 4 members (excludes halogenated alkanes) is 2. The lowest BCUT2D eigenvalue weighted by Gasteiger charge is -2.19. The van der Waals surface area contributed by atoms with Crippen LogP contribution in [-0.2, 0) is 4.74 Å². The third-order valence-corrected chi connectivity index (χ3v) is 3.85. The lowest BCUT2D eigenvalue weighted by atomic mass is 10.2. The van der Waals surface area contributed by atoms with Gasteiger partial charge in [-0.1, -0.05) is 18.2 Å². The van der Waals surface area contributed by atoms with Gasteiger partial charge in [-0.15, -0.1) is 0 Å². The average Bonchev–Trinajstić information content (AvgIpc) is 2.63. The predicted octanol–water partition coefficient (Wildman–Crippen LogP) is 2.88. The quantitative estimate of drug-likeness (QED) is 0.351. The molecular formula is C19H34N4O. The van der Waals surface area contributed by atoms with Crippen molar-refractivity contribution in [3.05, 3.63) is 30.3 Å². The van der Waals surface area contributed by atoms with E-state index in [1.54, 1.807) is 0 Å². The Morgan fingerprint density at radius 2 is 1.71 bits per heavy atom. The van der Waals surface area contributed by atoms with Gasteiger partial charge in [-0.2, -0.15) is 0 Å². The molecule has 0 spiro atoms. The number of rotatable bonds is 12. The van der Waals surface area contributed by atoms with Crippen LogP contribution < -0.4 is 15.5 Å². The molecule has 0 heterocycles. The molecule has 1 aromatic carbocycles. The largest absolute Gasteiger partial charge is 0.382 e. The number of benzene rings is 1. The number of hydrogen-bond donors (Lipinski definition) is 2. The van der Waals surface area contributed by atoms with Gasteiger partial charge in [-0.05, 0) is 44.7 Å². The Morgan fingerprint density at radius 1 is 1.04 bits per heavy atom. The maximum atomic E-state index is 5.33. The van der Waals surface area contributed by atoms with Crippen molar-refractivity contribution in [2.45, 2.75) is 32.6 Å². The molecule has 0 unspecified atom stereocenters. The minimum atomic E-state index is 0.802. The summed E-state index contributed by atoms with van der Waals surface area (Å²) in [5.41, 5.74) is 1.27. The topological polar surface area (TPSA) is 48.9 Å². The van der Waals surface area contributed by atoms with Crippen LogP contribution in [0.1, 0.15) is 32.6 Å². The van der Waals surface area contributed by atoms with E-state index < -0.39 is 0 Å². The molecule has 5 nitrogen and oxygen atoms in total. The van der Waals surface area contributed by atoms with Crippen molar-refractivity contribution in [2.75, 3.05) is 51.8 Å². The fourth-order valence-corrected chi connectivity index (χ4v) is 2.39. The van der Waals surface area contributed by atoms with E-state index in [2.05, 4.69) is 57.9 Å². The van der Waals surface area contributed by atoms with Crippen molar-refractivity contribution < 1.29 is 4.74 Å². The Balaban J connectivity index is 2.04. The molecule has 0 aliphatic carbocycles. The molecule has 0 bridgehead atoms. The number of nitrogens with one attached hydrogen (secondary N) is 2. The van der Waals surface area contributed by atoms with Crippen LogP contribution in [0.25, 0.3) is 0 Å². The average molecular weight is 335 g/mol. The van der Waals surface area contributed by atoms with Crippen LogP contribution in [-0.4, -0.2) is 52.9 Å². The van der Waals surface area contributed by atoms with Crippen molar-refractivity contribution in [1.82, 2.24) is 10.6 Å². The second-order valence-electron chi connectivity index (χ2n) is 5.79. The first-order valence-electron chi connectivity index (χ1n) is 9.06. The van der Waals surface area contributed by atoms with Crippen LogP contribution >= 0.6 is 0 Å². The highest BCUT2D eigenvalue weighted by atomic mass is 16.5. The van der Waals surface area contributed by atoms with Crippen molar-refractivity contribution in [1.29, 1.82) is 0 Å². The van der Waals surface area contributed by atoms with Gasteiger partial charge in [0.05, 0.1) is 0 Å². The van der Waals surface area contributed by atoms with Gasteiger partial charge in [0.15, 0.2) is 5.96 Å². The molecule has 0 aliphatic rings. The molecule has 1 rings (SSSR count). The maximum Gasteiger partial charge on any atom is 0.190 e. The van der Waals surface area contributed by atoms with Crippen LogP contribution in [0.3, 0.4) is 0 Å². The number of para-hydroxylation sites is 1. The molecule has 0 aliphatic heterocycles. The molecule has 24 heavy (non-hydrogen) atoms. The van der Waals surface area contributed by atoms with E-state index in [-0.39, 0.29) is 0 Å². The lowest BCUT2D eigenvalue weighted by molar-refractivity contribution is 0.143. The van der Waals surface area contributed by atoms with Gasteiger partial charge in [-0.3, -0.25) is 4.99 Å². The number of aliphatic imine (C=N–C) groups is 1. The molecule has 0 radical (unpaired) electrons.